The molecule has 0 aliphatic heterocycles. The topological polar surface area (TPSA) is 67.4 Å². The highest BCUT2D eigenvalue weighted by molar-refractivity contribution is 5.83. The first-order chi connectivity index (χ1) is 9.94. The second kappa shape index (κ2) is 11.4. The van der Waals surface area contributed by atoms with Crippen molar-refractivity contribution in [2.24, 2.45) is 11.8 Å². The van der Waals surface area contributed by atoms with Crippen LogP contribution in [0.4, 0.5) is 4.79 Å². The molecule has 0 heterocycles. The fraction of sp³-hybridized carbons (Fsp3) is 0.875. The fourth-order valence-electron chi connectivity index (χ4n) is 2.22. The van der Waals surface area contributed by atoms with Gasteiger partial charge < -0.3 is 15.4 Å². The third kappa shape index (κ3) is 9.32. The molecule has 0 aliphatic carbocycles. The lowest BCUT2D eigenvalue weighted by Gasteiger charge is -2.20. The van der Waals surface area contributed by atoms with Gasteiger partial charge in [0, 0.05) is 6.54 Å². The number of hydrogen-bond donors (Lipinski definition) is 2. The largest absolute Gasteiger partial charge is 0.467 e. The number of nitrogens with one attached hydrogen (secondary N) is 2. The first-order valence-electron chi connectivity index (χ1n) is 8.06. The van der Waals surface area contributed by atoms with Gasteiger partial charge in [-0.3, -0.25) is 0 Å². The van der Waals surface area contributed by atoms with Gasteiger partial charge in [-0.25, -0.2) is 9.59 Å². The van der Waals surface area contributed by atoms with E-state index in [1.807, 2.05) is 13.8 Å². The Hall–Kier alpha value is -1.26. The smallest absolute Gasteiger partial charge is 0.328 e. The van der Waals surface area contributed by atoms with Crippen LogP contribution in [-0.2, 0) is 9.53 Å². The lowest BCUT2D eigenvalue weighted by Crippen LogP contribution is -2.48. The van der Waals surface area contributed by atoms with Crippen LogP contribution in [0.3, 0.4) is 0 Å². The lowest BCUT2D eigenvalue weighted by atomic mass is 9.99. The van der Waals surface area contributed by atoms with Crippen molar-refractivity contribution >= 4 is 12.0 Å². The summed E-state index contributed by atoms with van der Waals surface area (Å²) in [6.45, 7) is 8.97. The number of esters is 1. The molecule has 5 nitrogen and oxygen atoms in total. The Balaban J connectivity index is 4.26. The van der Waals surface area contributed by atoms with E-state index in [1.165, 1.54) is 20.0 Å². The van der Waals surface area contributed by atoms with E-state index in [0.29, 0.717) is 24.8 Å². The Labute approximate surface area is 129 Å². The highest BCUT2D eigenvalue weighted by atomic mass is 16.5. The molecule has 5 heteroatoms. The maximum absolute atomic E-state index is 11.9. The van der Waals surface area contributed by atoms with E-state index in [4.69, 9.17) is 4.74 Å². The van der Waals surface area contributed by atoms with Crippen molar-refractivity contribution in [1.82, 2.24) is 10.6 Å². The summed E-state index contributed by atoms with van der Waals surface area (Å²) in [5.74, 6) is 0.414. The van der Waals surface area contributed by atoms with Crippen molar-refractivity contribution in [2.45, 2.75) is 65.8 Å². The lowest BCUT2D eigenvalue weighted by molar-refractivity contribution is -0.143. The van der Waals surface area contributed by atoms with Gasteiger partial charge in [0.05, 0.1) is 7.11 Å². The van der Waals surface area contributed by atoms with E-state index in [2.05, 4.69) is 24.5 Å². The van der Waals surface area contributed by atoms with Crippen molar-refractivity contribution in [2.75, 3.05) is 13.7 Å². The monoisotopic (exact) mass is 300 g/mol. The molecule has 0 aromatic carbocycles. The van der Waals surface area contributed by atoms with Crippen molar-refractivity contribution in [3.63, 3.8) is 0 Å². The van der Waals surface area contributed by atoms with Crippen molar-refractivity contribution < 1.29 is 14.3 Å². The predicted octanol–water partition coefficient (Wildman–Crippen LogP) is 3.09. The Morgan fingerprint density at radius 2 is 1.86 bits per heavy atom. The van der Waals surface area contributed by atoms with Crippen LogP contribution in [-0.4, -0.2) is 31.7 Å². The van der Waals surface area contributed by atoms with E-state index in [9.17, 15) is 9.59 Å². The Kier molecular flexibility index (Phi) is 10.7. The number of carbonyl (C=O) groups excluding carboxylic acids is 2. The number of rotatable bonds is 10. The van der Waals surface area contributed by atoms with Crippen LogP contribution in [0.2, 0.25) is 0 Å². The van der Waals surface area contributed by atoms with Gasteiger partial charge in [-0.1, -0.05) is 47.0 Å². The molecule has 2 N–H and O–H groups in total. The average Bonchev–Trinajstić information content (AvgIpc) is 2.45. The van der Waals surface area contributed by atoms with Gasteiger partial charge in [-0.2, -0.15) is 0 Å². The van der Waals surface area contributed by atoms with Gasteiger partial charge in [-0.05, 0) is 24.7 Å². The van der Waals surface area contributed by atoms with Crippen LogP contribution in [0.15, 0.2) is 0 Å². The fourth-order valence-corrected chi connectivity index (χ4v) is 2.22. The van der Waals surface area contributed by atoms with Crippen LogP contribution in [0.25, 0.3) is 0 Å². The molecule has 124 valence electrons. The molecule has 0 aromatic heterocycles. The van der Waals surface area contributed by atoms with Crippen molar-refractivity contribution in [3.05, 3.63) is 0 Å². The summed E-state index contributed by atoms with van der Waals surface area (Å²) >= 11 is 0. The SMILES string of the molecule is CCCCC(CC)CNC(=O)NC(CC(C)C)C(=O)OC. The molecular formula is C16H32N2O3. The summed E-state index contributed by atoms with van der Waals surface area (Å²) < 4.78 is 4.73. The summed E-state index contributed by atoms with van der Waals surface area (Å²) in [4.78, 5) is 23.6. The van der Waals surface area contributed by atoms with E-state index in [0.717, 1.165) is 12.8 Å². The normalized spacial score (nSPS) is 13.6. The minimum absolute atomic E-state index is 0.291. The van der Waals surface area contributed by atoms with Crippen LogP contribution < -0.4 is 10.6 Å². The Morgan fingerprint density at radius 1 is 1.19 bits per heavy atom. The van der Waals surface area contributed by atoms with E-state index >= 15 is 0 Å². The minimum Gasteiger partial charge on any atom is -0.467 e. The molecule has 0 spiro atoms. The first-order valence-corrected chi connectivity index (χ1v) is 8.06. The molecule has 2 amide bonds. The summed E-state index contributed by atoms with van der Waals surface area (Å²) in [5.41, 5.74) is 0. The quantitative estimate of drug-likeness (QED) is 0.609. The van der Waals surface area contributed by atoms with Crippen LogP contribution in [0.5, 0.6) is 0 Å². The van der Waals surface area contributed by atoms with Gasteiger partial charge >= 0.3 is 12.0 Å². The summed E-state index contributed by atoms with van der Waals surface area (Å²) in [6.07, 6.45) is 5.10. The van der Waals surface area contributed by atoms with Gasteiger partial charge in [0.25, 0.3) is 0 Å². The summed E-state index contributed by atoms with van der Waals surface area (Å²) in [7, 11) is 1.34. The third-order valence-electron chi connectivity index (χ3n) is 3.59. The molecule has 2 unspecified atom stereocenters. The van der Waals surface area contributed by atoms with Crippen molar-refractivity contribution in [1.29, 1.82) is 0 Å². The molecule has 21 heavy (non-hydrogen) atoms. The molecular weight excluding hydrogens is 268 g/mol. The van der Waals surface area contributed by atoms with E-state index in [1.54, 1.807) is 0 Å². The summed E-state index contributed by atoms with van der Waals surface area (Å²) in [5, 5.41) is 5.58. The predicted molar refractivity (Wildman–Crippen MR) is 85.1 cm³/mol. The molecule has 0 saturated carbocycles. The zero-order valence-electron chi connectivity index (χ0n) is 14.2. The Bertz CT molecular complexity index is 306. The number of ether oxygens (including phenoxy) is 1. The first kappa shape index (κ1) is 19.7. The maximum atomic E-state index is 11.9. The van der Waals surface area contributed by atoms with E-state index < -0.39 is 12.0 Å². The third-order valence-corrected chi connectivity index (χ3v) is 3.59. The van der Waals surface area contributed by atoms with Crippen LogP contribution >= 0.6 is 0 Å². The number of amides is 2. The van der Waals surface area contributed by atoms with Gasteiger partial charge in [0.1, 0.15) is 6.04 Å². The highest BCUT2D eigenvalue weighted by Crippen LogP contribution is 2.11. The summed E-state index contributed by atoms with van der Waals surface area (Å²) in [6, 6.07) is -0.869. The van der Waals surface area contributed by atoms with Gasteiger partial charge in [-0.15, -0.1) is 0 Å². The number of carbonyl (C=O) groups is 2. The highest BCUT2D eigenvalue weighted by Gasteiger charge is 2.22. The van der Waals surface area contributed by atoms with Crippen LogP contribution in [0.1, 0.15) is 59.8 Å². The number of methoxy groups -OCH3 is 1. The molecule has 0 fully saturated rings. The zero-order valence-corrected chi connectivity index (χ0v) is 14.2. The Morgan fingerprint density at radius 3 is 2.33 bits per heavy atom. The average molecular weight is 300 g/mol. The molecule has 0 bridgehead atoms. The molecule has 0 saturated heterocycles. The van der Waals surface area contributed by atoms with Gasteiger partial charge in [0.2, 0.25) is 0 Å². The number of unbranched alkanes of at least 4 members (excludes halogenated alkanes) is 1. The second-order valence-electron chi connectivity index (χ2n) is 5.98. The standard InChI is InChI=1S/C16H32N2O3/c1-6-8-9-13(7-2)11-17-16(20)18-14(10-12(3)4)15(19)21-5/h12-14H,6-11H2,1-5H3,(H2,17,18,20). The van der Waals surface area contributed by atoms with E-state index in [-0.39, 0.29) is 6.03 Å². The molecule has 0 aliphatic rings. The molecule has 2 atom stereocenters. The van der Waals surface area contributed by atoms with Gasteiger partial charge in [0.15, 0.2) is 0 Å². The molecule has 0 aromatic rings. The van der Waals surface area contributed by atoms with Crippen molar-refractivity contribution in [3.8, 4) is 0 Å². The minimum atomic E-state index is -0.578. The maximum Gasteiger partial charge on any atom is 0.328 e. The zero-order chi connectivity index (χ0) is 16.3. The van der Waals surface area contributed by atoms with Crippen LogP contribution in [0, 0.1) is 11.8 Å². The number of urea groups is 1. The molecule has 0 rings (SSSR count). The number of hydrogen-bond acceptors (Lipinski definition) is 3. The second-order valence-corrected chi connectivity index (χ2v) is 5.98. The molecule has 0 radical (unpaired) electrons.